The lowest BCUT2D eigenvalue weighted by atomic mass is 9.79. The predicted molar refractivity (Wildman–Crippen MR) is 123 cm³/mol. The molecule has 1 nitrogen and oxygen atoms in total. The second-order valence-corrected chi connectivity index (χ2v) is 13.5. The molecule has 1 saturated heterocycles. The van der Waals surface area contributed by atoms with Gasteiger partial charge in [0.25, 0.3) is 0 Å². The molecule has 0 spiro atoms. The van der Waals surface area contributed by atoms with Gasteiger partial charge in [0.05, 0.1) is 0 Å². The van der Waals surface area contributed by atoms with E-state index in [0.29, 0.717) is 0 Å². The van der Waals surface area contributed by atoms with E-state index in [1.54, 1.807) is 0 Å². The fourth-order valence-corrected chi connectivity index (χ4v) is 10.2. The van der Waals surface area contributed by atoms with E-state index in [1.165, 1.54) is 83.5 Å². The maximum Gasteiger partial charge on any atom is 0.0221 e. The molecule has 4 aliphatic rings. The van der Waals surface area contributed by atoms with Crippen molar-refractivity contribution in [1.29, 1.82) is 0 Å². The van der Waals surface area contributed by atoms with Gasteiger partial charge in [-0.3, -0.25) is 4.90 Å². The highest BCUT2D eigenvalue weighted by molar-refractivity contribution is 9.09. The van der Waals surface area contributed by atoms with Crippen LogP contribution < -0.4 is 0 Å². The van der Waals surface area contributed by atoms with Gasteiger partial charge in [0.1, 0.15) is 0 Å². The average molecular weight is 507 g/mol. The van der Waals surface area contributed by atoms with Gasteiger partial charge in [0, 0.05) is 38.3 Å². The van der Waals surface area contributed by atoms with Crippen molar-refractivity contribution in [3.05, 3.63) is 0 Å². The van der Waals surface area contributed by atoms with Crippen LogP contribution in [0.4, 0.5) is 0 Å². The highest BCUT2D eigenvalue weighted by Gasteiger charge is 2.49. The molecule has 0 aromatic carbocycles. The SMILES string of the molecule is CCCCC1CCC(N2C3CCC(Br)CC3SC3CC(Br)CCC32)CC1. The van der Waals surface area contributed by atoms with Crippen molar-refractivity contribution in [2.75, 3.05) is 0 Å². The lowest BCUT2D eigenvalue weighted by molar-refractivity contribution is 0.0141. The number of hydrogen-bond donors (Lipinski definition) is 0. The van der Waals surface area contributed by atoms with Crippen molar-refractivity contribution in [3.63, 3.8) is 0 Å². The van der Waals surface area contributed by atoms with E-state index in [9.17, 15) is 0 Å². The fourth-order valence-electron chi connectivity index (χ4n) is 6.34. The summed E-state index contributed by atoms with van der Waals surface area (Å²) in [6.07, 6.45) is 18.7. The Hall–Kier alpha value is 1.27. The minimum absolute atomic E-state index is 0.766. The topological polar surface area (TPSA) is 3.24 Å². The molecule has 0 bridgehead atoms. The molecule has 6 unspecified atom stereocenters. The number of halogens is 2. The van der Waals surface area contributed by atoms with Gasteiger partial charge >= 0.3 is 0 Å². The van der Waals surface area contributed by atoms with E-state index in [0.717, 1.165) is 44.2 Å². The Bertz CT molecular complexity index is 427. The van der Waals surface area contributed by atoms with Crippen LogP contribution in [0.15, 0.2) is 0 Å². The minimum Gasteiger partial charge on any atom is -0.292 e. The largest absolute Gasteiger partial charge is 0.292 e. The molecule has 3 aliphatic carbocycles. The van der Waals surface area contributed by atoms with Gasteiger partial charge in [-0.15, -0.1) is 0 Å². The van der Waals surface area contributed by atoms with Crippen LogP contribution in [0.5, 0.6) is 0 Å². The summed E-state index contributed by atoms with van der Waals surface area (Å²) >= 11 is 10.3. The van der Waals surface area contributed by atoms with Gasteiger partial charge in [0.2, 0.25) is 0 Å². The Morgan fingerprint density at radius 2 is 1.38 bits per heavy atom. The second kappa shape index (κ2) is 9.39. The number of alkyl halides is 2. The van der Waals surface area contributed by atoms with Gasteiger partial charge in [0.15, 0.2) is 0 Å². The summed E-state index contributed by atoms with van der Waals surface area (Å²) in [5, 5.41) is 1.76. The van der Waals surface area contributed by atoms with E-state index in [-0.39, 0.29) is 0 Å². The van der Waals surface area contributed by atoms with Crippen LogP contribution in [-0.2, 0) is 0 Å². The number of fused-ring (bicyclic) bond motifs is 2. The number of unbranched alkanes of at least 4 members (excludes halogenated alkanes) is 1. The third-order valence-corrected chi connectivity index (χ3v) is 11.1. The lowest BCUT2D eigenvalue weighted by Crippen LogP contribution is -2.63. The van der Waals surface area contributed by atoms with Crippen LogP contribution in [-0.4, -0.2) is 43.2 Å². The molecule has 1 heterocycles. The minimum atomic E-state index is 0.766. The normalized spacial score (nSPS) is 47.2. The smallest absolute Gasteiger partial charge is 0.0221 e. The molecule has 0 aromatic heterocycles. The number of thioether (sulfide) groups is 1. The molecule has 6 atom stereocenters. The van der Waals surface area contributed by atoms with Crippen molar-refractivity contribution >= 4 is 43.6 Å². The number of nitrogens with zero attached hydrogens (tertiary/aromatic N) is 1. The summed E-state index contributed by atoms with van der Waals surface area (Å²) in [6, 6.07) is 2.64. The Kier molecular flexibility index (Phi) is 7.42. The Labute approximate surface area is 182 Å². The van der Waals surface area contributed by atoms with Crippen molar-refractivity contribution in [2.45, 2.75) is 129 Å². The first-order valence-corrected chi connectivity index (χ1v) is 14.1. The first-order chi connectivity index (χ1) is 12.7. The molecular weight excluding hydrogens is 470 g/mol. The first-order valence-electron chi connectivity index (χ1n) is 11.4. The fraction of sp³-hybridized carbons (Fsp3) is 1.00. The van der Waals surface area contributed by atoms with Crippen LogP contribution in [0.1, 0.15) is 90.4 Å². The highest BCUT2D eigenvalue weighted by Crippen LogP contribution is 2.50. The summed E-state index contributed by atoms with van der Waals surface area (Å²) < 4.78 is 0. The summed E-state index contributed by atoms with van der Waals surface area (Å²) in [4.78, 5) is 4.67. The van der Waals surface area contributed by atoms with E-state index >= 15 is 0 Å². The van der Waals surface area contributed by atoms with E-state index < -0.39 is 0 Å². The van der Waals surface area contributed by atoms with Crippen LogP contribution in [0.2, 0.25) is 0 Å². The molecule has 0 amide bonds. The predicted octanol–water partition coefficient (Wildman–Crippen LogP) is 7.15. The van der Waals surface area contributed by atoms with Crippen molar-refractivity contribution < 1.29 is 0 Å². The van der Waals surface area contributed by atoms with E-state index in [1.807, 2.05) is 0 Å². The van der Waals surface area contributed by atoms with Gasteiger partial charge in [-0.05, 0) is 70.1 Å². The summed E-state index contributed by atoms with van der Waals surface area (Å²) in [5.41, 5.74) is 0. The zero-order valence-corrected chi connectivity index (χ0v) is 20.4. The van der Waals surface area contributed by atoms with Crippen molar-refractivity contribution in [3.8, 4) is 0 Å². The monoisotopic (exact) mass is 505 g/mol. The summed E-state index contributed by atoms with van der Waals surface area (Å²) in [5.74, 6) is 1.04. The van der Waals surface area contributed by atoms with Crippen LogP contribution in [0, 0.1) is 5.92 Å². The molecule has 0 aromatic rings. The number of rotatable bonds is 4. The third kappa shape index (κ3) is 4.54. The van der Waals surface area contributed by atoms with Gasteiger partial charge in [-0.25, -0.2) is 0 Å². The Balaban J connectivity index is 1.46. The van der Waals surface area contributed by atoms with E-state index in [4.69, 9.17) is 0 Å². The van der Waals surface area contributed by atoms with Gasteiger partial charge in [-0.2, -0.15) is 11.8 Å². The zero-order valence-electron chi connectivity index (χ0n) is 16.4. The molecule has 150 valence electrons. The molecular formula is C22H37Br2NS. The molecule has 1 aliphatic heterocycles. The molecule has 26 heavy (non-hydrogen) atoms. The standard InChI is InChI=1S/C22H37Br2NS/c1-2-3-4-15-5-9-18(10-6-15)25-19-11-7-16(23)13-21(19)26-22-14-17(24)8-12-20(22)25/h15-22H,2-14H2,1H3. The molecule has 4 fully saturated rings. The van der Waals surface area contributed by atoms with Crippen LogP contribution in [0.25, 0.3) is 0 Å². The molecule has 0 radical (unpaired) electrons. The van der Waals surface area contributed by atoms with Gasteiger partial charge < -0.3 is 0 Å². The van der Waals surface area contributed by atoms with Crippen molar-refractivity contribution in [1.82, 2.24) is 4.90 Å². The average Bonchev–Trinajstić information content (AvgIpc) is 2.64. The van der Waals surface area contributed by atoms with Crippen LogP contribution >= 0.6 is 43.6 Å². The van der Waals surface area contributed by atoms with Crippen LogP contribution in [0.3, 0.4) is 0 Å². The zero-order chi connectivity index (χ0) is 18.1. The highest BCUT2D eigenvalue weighted by atomic mass is 79.9. The summed E-state index contributed by atoms with van der Waals surface area (Å²) in [6.45, 7) is 2.34. The molecule has 3 saturated carbocycles. The third-order valence-electron chi connectivity index (χ3n) is 7.71. The van der Waals surface area contributed by atoms with E-state index in [2.05, 4.69) is 55.4 Å². The van der Waals surface area contributed by atoms with Gasteiger partial charge in [-0.1, -0.05) is 58.0 Å². The second-order valence-electron chi connectivity index (χ2n) is 9.43. The lowest BCUT2D eigenvalue weighted by Gasteiger charge is -2.57. The molecule has 4 rings (SSSR count). The molecule has 0 N–H and O–H groups in total. The maximum atomic E-state index is 3.96. The molecule has 4 heteroatoms. The Morgan fingerprint density at radius 3 is 1.92 bits per heavy atom. The Morgan fingerprint density at radius 1 is 0.808 bits per heavy atom. The first kappa shape index (κ1) is 20.5. The summed E-state index contributed by atoms with van der Waals surface area (Å²) in [7, 11) is 0. The number of hydrogen-bond acceptors (Lipinski definition) is 2. The van der Waals surface area contributed by atoms with Crippen molar-refractivity contribution in [2.24, 2.45) is 5.92 Å². The quantitative estimate of drug-likeness (QED) is 0.372. The maximum absolute atomic E-state index is 3.96.